The third-order valence-corrected chi connectivity index (χ3v) is 6.06. The van der Waals surface area contributed by atoms with E-state index >= 15 is 0 Å². The Kier molecular flexibility index (Phi) is 3.34. The summed E-state index contributed by atoms with van der Waals surface area (Å²) in [5, 5.41) is 4.77. The van der Waals surface area contributed by atoms with Gasteiger partial charge >= 0.3 is 0 Å². The molecule has 1 unspecified atom stereocenters. The van der Waals surface area contributed by atoms with Gasteiger partial charge in [-0.15, -0.1) is 0 Å². The highest BCUT2D eigenvalue weighted by Crippen LogP contribution is 2.46. The number of hydrogen-bond acceptors (Lipinski definition) is 2. The fourth-order valence-electron chi connectivity index (χ4n) is 3.50. The van der Waals surface area contributed by atoms with E-state index in [0.29, 0.717) is 6.61 Å². The highest BCUT2D eigenvalue weighted by molar-refractivity contribution is 6.76. The van der Waals surface area contributed by atoms with Gasteiger partial charge in [0.15, 0.2) is 11.5 Å². The van der Waals surface area contributed by atoms with Gasteiger partial charge in [0.1, 0.15) is 12.7 Å². The van der Waals surface area contributed by atoms with E-state index in [0.717, 1.165) is 28.3 Å². The molecule has 0 aromatic heterocycles. The van der Waals surface area contributed by atoms with Crippen molar-refractivity contribution in [3.63, 3.8) is 0 Å². The Morgan fingerprint density at radius 3 is 1.91 bits per heavy atom. The van der Waals surface area contributed by atoms with Crippen molar-refractivity contribution in [3.05, 3.63) is 48.5 Å². The summed E-state index contributed by atoms with van der Waals surface area (Å²) in [6, 6.07) is 18.0. The number of hydrogen-bond donors (Lipinski definition) is 0. The maximum atomic E-state index is 6.44. The zero-order valence-electron chi connectivity index (χ0n) is 13.9. The Morgan fingerprint density at radius 2 is 1.35 bits per heavy atom. The van der Waals surface area contributed by atoms with Crippen molar-refractivity contribution in [2.45, 2.75) is 31.8 Å². The van der Waals surface area contributed by atoms with Crippen molar-refractivity contribution in [1.29, 1.82) is 0 Å². The second kappa shape index (κ2) is 5.27. The van der Waals surface area contributed by atoms with Gasteiger partial charge in [-0.2, -0.15) is 0 Å². The Hall–Kier alpha value is -2.00. The lowest BCUT2D eigenvalue weighted by Crippen LogP contribution is -2.36. The predicted octanol–water partition coefficient (Wildman–Crippen LogP) is 5.47. The molecule has 0 amide bonds. The third kappa shape index (κ3) is 2.59. The predicted molar refractivity (Wildman–Crippen MR) is 99.5 cm³/mol. The van der Waals surface area contributed by atoms with Gasteiger partial charge in [0.05, 0.1) is 0 Å². The van der Waals surface area contributed by atoms with Gasteiger partial charge in [-0.05, 0) is 16.8 Å². The molecule has 2 nitrogen and oxygen atoms in total. The monoisotopic (exact) mass is 322 g/mol. The molecule has 0 spiro atoms. The fraction of sp³-hybridized carbons (Fsp3) is 0.300. The van der Waals surface area contributed by atoms with Crippen LogP contribution in [0.25, 0.3) is 21.5 Å². The van der Waals surface area contributed by atoms with Crippen LogP contribution in [0.3, 0.4) is 0 Å². The molecule has 1 heterocycles. The third-order valence-electron chi connectivity index (χ3n) is 4.38. The van der Waals surface area contributed by atoms with Crippen molar-refractivity contribution in [1.82, 2.24) is 0 Å². The second-order valence-electron chi connectivity index (χ2n) is 7.57. The van der Waals surface area contributed by atoms with Gasteiger partial charge in [-0.3, -0.25) is 0 Å². The van der Waals surface area contributed by atoms with Crippen LogP contribution < -0.4 is 9.47 Å². The largest absolute Gasteiger partial charge is 0.485 e. The van der Waals surface area contributed by atoms with Crippen LogP contribution in [0, 0.1) is 0 Å². The van der Waals surface area contributed by atoms with Gasteiger partial charge in [0.25, 0.3) is 0 Å². The van der Waals surface area contributed by atoms with Gasteiger partial charge in [0, 0.05) is 18.8 Å². The van der Waals surface area contributed by atoms with Crippen LogP contribution in [0.1, 0.15) is 0 Å². The molecule has 0 fully saturated rings. The topological polar surface area (TPSA) is 18.5 Å². The summed E-state index contributed by atoms with van der Waals surface area (Å²) < 4.78 is 12.6. The van der Waals surface area contributed by atoms with Gasteiger partial charge < -0.3 is 9.47 Å². The quantitative estimate of drug-likeness (QED) is 0.460. The molecule has 1 atom stereocenters. The first kappa shape index (κ1) is 14.6. The lowest BCUT2D eigenvalue weighted by Gasteiger charge is -2.31. The van der Waals surface area contributed by atoms with E-state index in [9.17, 15) is 0 Å². The number of benzene rings is 3. The molecule has 3 aromatic rings. The summed E-state index contributed by atoms with van der Waals surface area (Å²) >= 11 is 0. The average molecular weight is 322 g/mol. The minimum Gasteiger partial charge on any atom is -0.485 e. The van der Waals surface area contributed by atoms with E-state index in [1.165, 1.54) is 10.8 Å². The van der Waals surface area contributed by atoms with Gasteiger partial charge in [-0.1, -0.05) is 68.2 Å². The Bertz CT molecular complexity index is 880. The highest BCUT2D eigenvalue weighted by Gasteiger charge is 2.29. The van der Waals surface area contributed by atoms with E-state index in [2.05, 4.69) is 68.2 Å². The van der Waals surface area contributed by atoms with E-state index < -0.39 is 8.07 Å². The van der Waals surface area contributed by atoms with Crippen molar-refractivity contribution in [3.8, 4) is 11.5 Å². The minimum atomic E-state index is -1.19. The summed E-state index contributed by atoms with van der Waals surface area (Å²) in [7, 11) is -1.19. The molecule has 0 saturated heterocycles. The van der Waals surface area contributed by atoms with E-state index in [1.807, 2.05) is 0 Å². The summed E-state index contributed by atoms with van der Waals surface area (Å²) in [4.78, 5) is 0. The van der Waals surface area contributed by atoms with Gasteiger partial charge in [0.2, 0.25) is 0 Å². The number of rotatable bonds is 2. The Labute approximate surface area is 138 Å². The summed E-state index contributed by atoms with van der Waals surface area (Å²) in [6.07, 6.45) is 0.165. The van der Waals surface area contributed by atoms with E-state index in [-0.39, 0.29) is 6.10 Å². The molecule has 0 aliphatic carbocycles. The highest BCUT2D eigenvalue weighted by atomic mass is 28.3. The average Bonchev–Trinajstić information content (AvgIpc) is 2.53. The molecular weight excluding hydrogens is 300 g/mol. The summed E-state index contributed by atoms with van der Waals surface area (Å²) in [6.45, 7) is 7.79. The molecule has 0 N–H and O–H groups in total. The van der Waals surface area contributed by atoms with Crippen LogP contribution >= 0.6 is 0 Å². The lowest BCUT2D eigenvalue weighted by molar-refractivity contribution is 0.107. The maximum absolute atomic E-state index is 6.44. The van der Waals surface area contributed by atoms with Crippen LogP contribution in [0.5, 0.6) is 11.5 Å². The zero-order chi connectivity index (χ0) is 16.0. The SMILES string of the molecule is C[Si](C)(C)CC1COc2c(c3ccccc3c3ccccc23)O1. The standard InChI is InChI=1S/C20H22O2Si/c1-23(2,3)13-14-12-21-19-17-10-6-4-8-15(17)16-9-5-7-11-18(16)20(19)22-14/h4-11,14H,12-13H2,1-3H3. The normalized spacial score (nSPS) is 17.6. The lowest BCUT2D eigenvalue weighted by atomic mass is 9.99. The smallest absolute Gasteiger partial charge is 0.170 e. The minimum absolute atomic E-state index is 0.165. The molecule has 0 saturated carbocycles. The van der Waals surface area contributed by atoms with Crippen molar-refractivity contribution < 1.29 is 9.47 Å². The fourth-order valence-corrected chi connectivity index (χ4v) is 5.06. The first-order valence-corrected chi connectivity index (χ1v) is 12.0. The molecule has 0 radical (unpaired) electrons. The van der Waals surface area contributed by atoms with Crippen LogP contribution in [-0.4, -0.2) is 20.8 Å². The van der Waals surface area contributed by atoms with Crippen molar-refractivity contribution >= 4 is 29.6 Å². The molecule has 0 bridgehead atoms. The van der Waals surface area contributed by atoms with Crippen LogP contribution in [0.4, 0.5) is 0 Å². The zero-order valence-corrected chi connectivity index (χ0v) is 14.9. The first-order valence-electron chi connectivity index (χ1n) is 8.26. The molecule has 23 heavy (non-hydrogen) atoms. The van der Waals surface area contributed by atoms with Crippen LogP contribution in [0.2, 0.25) is 25.7 Å². The molecule has 3 heteroatoms. The molecule has 118 valence electrons. The van der Waals surface area contributed by atoms with Crippen LogP contribution in [0.15, 0.2) is 48.5 Å². The van der Waals surface area contributed by atoms with E-state index in [4.69, 9.17) is 9.47 Å². The van der Waals surface area contributed by atoms with Crippen molar-refractivity contribution in [2.24, 2.45) is 0 Å². The Balaban J connectivity index is 1.92. The number of ether oxygens (including phenoxy) is 2. The second-order valence-corrected chi connectivity index (χ2v) is 13.1. The molecule has 1 aliphatic heterocycles. The molecular formula is C20H22O2Si. The van der Waals surface area contributed by atoms with Crippen LogP contribution in [-0.2, 0) is 0 Å². The Morgan fingerprint density at radius 1 is 0.826 bits per heavy atom. The molecule has 3 aromatic carbocycles. The summed E-state index contributed by atoms with van der Waals surface area (Å²) in [5.41, 5.74) is 0. The van der Waals surface area contributed by atoms with Gasteiger partial charge in [-0.25, -0.2) is 0 Å². The first-order chi connectivity index (χ1) is 11.0. The van der Waals surface area contributed by atoms with E-state index in [1.54, 1.807) is 0 Å². The molecule has 1 aliphatic rings. The molecule has 4 rings (SSSR count). The summed E-state index contributed by atoms with van der Waals surface area (Å²) in [5.74, 6) is 1.83. The maximum Gasteiger partial charge on any atom is 0.170 e. The number of fused-ring (bicyclic) bond motifs is 6. The van der Waals surface area contributed by atoms with Crippen molar-refractivity contribution in [2.75, 3.05) is 6.61 Å².